The molecule has 0 saturated carbocycles. The van der Waals surface area contributed by atoms with E-state index in [4.69, 9.17) is 14.4 Å². The first-order valence-corrected chi connectivity index (χ1v) is 17.4. The molecule has 0 amide bonds. The third-order valence-corrected chi connectivity index (χ3v) is 10.9. The Balaban J connectivity index is 1.16. The van der Waals surface area contributed by atoms with Crippen molar-refractivity contribution >= 4 is 38.3 Å². The van der Waals surface area contributed by atoms with Gasteiger partial charge < -0.3 is 4.42 Å². The Hall–Kier alpha value is -6.06. The first-order valence-electron chi connectivity index (χ1n) is 17.4. The Morgan fingerprint density at radius 3 is 2.16 bits per heavy atom. The third kappa shape index (κ3) is 4.36. The zero-order valence-corrected chi connectivity index (χ0v) is 28.0. The molecule has 50 heavy (non-hydrogen) atoms. The molecule has 0 bridgehead atoms. The van der Waals surface area contributed by atoms with Crippen LogP contribution in [0.15, 0.2) is 162 Å². The Bertz CT molecular complexity index is 2640. The molecule has 2 aliphatic carbocycles. The molecule has 6 aromatic carbocycles. The predicted molar refractivity (Wildman–Crippen MR) is 206 cm³/mol. The molecule has 1 atom stereocenters. The number of rotatable bonds is 4. The SMILES string of the molecule is CC1(C)C2=C(C=CC(c3cc(-c4ccccc4)nc(-c4ccccc4)n3)C2)c2c1cc1ccccc1c2-c1cccc2c1oc1ccccc12. The molecule has 3 nitrogen and oxygen atoms in total. The van der Waals surface area contributed by atoms with Gasteiger partial charge in [0.1, 0.15) is 11.2 Å². The molecule has 1 unspecified atom stereocenters. The van der Waals surface area contributed by atoms with Crippen LogP contribution in [0.5, 0.6) is 0 Å². The Morgan fingerprint density at radius 2 is 1.34 bits per heavy atom. The van der Waals surface area contributed by atoms with Gasteiger partial charge in [0, 0.05) is 44.4 Å². The van der Waals surface area contributed by atoms with Crippen molar-refractivity contribution in [2.45, 2.75) is 31.6 Å². The van der Waals surface area contributed by atoms with E-state index in [1.807, 2.05) is 18.2 Å². The van der Waals surface area contributed by atoms with E-state index in [-0.39, 0.29) is 11.3 Å². The molecule has 2 aliphatic rings. The van der Waals surface area contributed by atoms with Crippen LogP contribution >= 0.6 is 0 Å². The minimum Gasteiger partial charge on any atom is -0.455 e. The first kappa shape index (κ1) is 28.9. The van der Waals surface area contributed by atoms with Gasteiger partial charge in [-0.3, -0.25) is 0 Å². The van der Waals surface area contributed by atoms with Crippen molar-refractivity contribution in [2.75, 3.05) is 0 Å². The molecular formula is C47H34N2O. The van der Waals surface area contributed by atoms with Crippen LogP contribution in [0.1, 0.15) is 43.0 Å². The maximum absolute atomic E-state index is 6.66. The average molecular weight is 643 g/mol. The second kappa shape index (κ2) is 11.0. The van der Waals surface area contributed by atoms with E-state index in [0.717, 1.165) is 62.3 Å². The fourth-order valence-electron chi connectivity index (χ4n) is 8.38. The van der Waals surface area contributed by atoms with Gasteiger partial charge in [0.15, 0.2) is 5.82 Å². The van der Waals surface area contributed by atoms with Gasteiger partial charge in [0.25, 0.3) is 0 Å². The van der Waals surface area contributed by atoms with E-state index < -0.39 is 0 Å². The summed E-state index contributed by atoms with van der Waals surface area (Å²) in [5.74, 6) is 0.878. The zero-order valence-electron chi connectivity index (χ0n) is 28.0. The lowest BCUT2D eigenvalue weighted by molar-refractivity contribution is 0.588. The summed E-state index contributed by atoms with van der Waals surface area (Å²) in [6, 6.07) is 49.2. The van der Waals surface area contributed by atoms with Crippen LogP contribution in [0.2, 0.25) is 0 Å². The highest BCUT2D eigenvalue weighted by Crippen LogP contribution is 2.57. The number of para-hydroxylation sites is 2. The lowest BCUT2D eigenvalue weighted by Crippen LogP contribution is -2.20. The smallest absolute Gasteiger partial charge is 0.160 e. The van der Waals surface area contributed by atoms with Crippen molar-refractivity contribution in [3.8, 4) is 33.8 Å². The van der Waals surface area contributed by atoms with Crippen LogP contribution in [0.3, 0.4) is 0 Å². The summed E-state index contributed by atoms with van der Waals surface area (Å²) in [6.07, 6.45) is 5.63. The molecule has 2 aromatic heterocycles. The highest BCUT2D eigenvalue weighted by Gasteiger charge is 2.41. The van der Waals surface area contributed by atoms with Crippen LogP contribution in [0.25, 0.3) is 72.1 Å². The molecule has 2 heterocycles. The van der Waals surface area contributed by atoms with E-state index in [2.05, 4.69) is 147 Å². The number of hydrogen-bond acceptors (Lipinski definition) is 3. The van der Waals surface area contributed by atoms with Gasteiger partial charge in [-0.25, -0.2) is 9.97 Å². The normalized spacial score (nSPS) is 16.3. The van der Waals surface area contributed by atoms with Crippen molar-refractivity contribution in [1.29, 1.82) is 0 Å². The molecule has 0 saturated heterocycles. The number of furan rings is 1. The summed E-state index contributed by atoms with van der Waals surface area (Å²) in [7, 11) is 0. The van der Waals surface area contributed by atoms with Crippen molar-refractivity contribution in [1.82, 2.24) is 9.97 Å². The summed E-state index contributed by atoms with van der Waals surface area (Å²) in [5, 5.41) is 4.79. The lowest BCUT2D eigenvalue weighted by atomic mass is 9.75. The molecule has 0 fully saturated rings. The molecule has 0 radical (unpaired) electrons. The largest absolute Gasteiger partial charge is 0.455 e. The van der Waals surface area contributed by atoms with E-state index in [1.165, 1.54) is 38.6 Å². The number of benzene rings is 6. The Labute approximate surface area is 291 Å². The van der Waals surface area contributed by atoms with Crippen LogP contribution in [0, 0.1) is 0 Å². The highest BCUT2D eigenvalue weighted by molar-refractivity contribution is 6.15. The van der Waals surface area contributed by atoms with Gasteiger partial charge in [0.2, 0.25) is 0 Å². The maximum Gasteiger partial charge on any atom is 0.160 e. The fourth-order valence-corrected chi connectivity index (χ4v) is 8.38. The quantitative estimate of drug-likeness (QED) is 0.192. The minimum absolute atomic E-state index is 0.118. The maximum atomic E-state index is 6.66. The summed E-state index contributed by atoms with van der Waals surface area (Å²) in [6.45, 7) is 4.80. The molecule has 238 valence electrons. The second-order valence-corrected chi connectivity index (χ2v) is 14.1. The van der Waals surface area contributed by atoms with Gasteiger partial charge in [-0.15, -0.1) is 0 Å². The van der Waals surface area contributed by atoms with Crippen molar-refractivity contribution in [3.05, 3.63) is 174 Å². The zero-order chi connectivity index (χ0) is 33.4. The van der Waals surface area contributed by atoms with E-state index in [1.54, 1.807) is 0 Å². The highest BCUT2D eigenvalue weighted by atomic mass is 16.3. The summed E-state index contributed by atoms with van der Waals surface area (Å²) < 4.78 is 6.66. The number of nitrogens with zero attached hydrogens (tertiary/aromatic N) is 2. The number of aromatic nitrogens is 2. The molecule has 0 spiro atoms. The lowest BCUT2D eigenvalue weighted by Gasteiger charge is -2.29. The minimum atomic E-state index is -0.175. The average Bonchev–Trinajstić information content (AvgIpc) is 3.66. The fraction of sp³-hybridized carbons (Fsp3) is 0.106. The van der Waals surface area contributed by atoms with Gasteiger partial charge >= 0.3 is 0 Å². The van der Waals surface area contributed by atoms with E-state index in [9.17, 15) is 0 Å². The second-order valence-electron chi connectivity index (χ2n) is 14.1. The van der Waals surface area contributed by atoms with Crippen LogP contribution in [-0.4, -0.2) is 9.97 Å². The van der Waals surface area contributed by atoms with Crippen LogP contribution in [0.4, 0.5) is 0 Å². The molecule has 3 heteroatoms. The molecule has 10 rings (SSSR count). The first-order chi connectivity index (χ1) is 24.5. The molecule has 0 N–H and O–H groups in total. The van der Waals surface area contributed by atoms with Crippen molar-refractivity contribution < 1.29 is 4.42 Å². The number of fused-ring (bicyclic) bond motifs is 6. The summed E-state index contributed by atoms with van der Waals surface area (Å²) in [4.78, 5) is 10.3. The summed E-state index contributed by atoms with van der Waals surface area (Å²) >= 11 is 0. The van der Waals surface area contributed by atoms with Gasteiger partial charge in [-0.2, -0.15) is 0 Å². The molecular weight excluding hydrogens is 609 g/mol. The van der Waals surface area contributed by atoms with E-state index >= 15 is 0 Å². The van der Waals surface area contributed by atoms with Gasteiger partial charge in [0.05, 0.1) is 11.4 Å². The van der Waals surface area contributed by atoms with Crippen LogP contribution < -0.4 is 0 Å². The van der Waals surface area contributed by atoms with Gasteiger partial charge in [-0.05, 0) is 52.1 Å². The Morgan fingerprint density at radius 1 is 0.640 bits per heavy atom. The van der Waals surface area contributed by atoms with Crippen molar-refractivity contribution in [2.24, 2.45) is 0 Å². The van der Waals surface area contributed by atoms with Crippen molar-refractivity contribution in [3.63, 3.8) is 0 Å². The summed E-state index contributed by atoms with van der Waals surface area (Å²) in [5.41, 5.74) is 13.7. The third-order valence-electron chi connectivity index (χ3n) is 10.9. The van der Waals surface area contributed by atoms with Gasteiger partial charge in [-0.1, -0.05) is 153 Å². The number of allylic oxidation sites excluding steroid dienone is 4. The predicted octanol–water partition coefficient (Wildman–Crippen LogP) is 12.3. The van der Waals surface area contributed by atoms with E-state index in [0.29, 0.717) is 0 Å². The number of hydrogen-bond donors (Lipinski definition) is 0. The monoisotopic (exact) mass is 642 g/mol. The van der Waals surface area contributed by atoms with Crippen LogP contribution in [-0.2, 0) is 5.41 Å². The standard InChI is InChI=1S/C47H34N2O/c1-47(2)38-27-32(41-28-40(29-14-5-3-6-15-29)48-46(49-41)30-16-7-4-8-17-30)24-25-36(38)44-39(47)26-31-18-9-10-19-33(31)43(44)37-22-13-21-35-34-20-11-12-23-42(34)50-45(35)37/h3-26,28,32H,27H2,1-2H3. The topological polar surface area (TPSA) is 38.9 Å². The molecule has 8 aromatic rings. The molecule has 0 aliphatic heterocycles. The Kier molecular flexibility index (Phi) is 6.35.